The van der Waals surface area contributed by atoms with Crippen molar-refractivity contribution < 1.29 is 23.5 Å². The monoisotopic (exact) mass is 336 g/mol. The molecule has 1 aliphatic rings. The van der Waals surface area contributed by atoms with Crippen LogP contribution in [-0.4, -0.2) is 30.1 Å². The van der Waals surface area contributed by atoms with Crippen LogP contribution in [0, 0.1) is 5.82 Å². The van der Waals surface area contributed by atoms with Gasteiger partial charge < -0.3 is 10.1 Å². The van der Waals surface area contributed by atoms with Crippen LogP contribution in [0.25, 0.3) is 0 Å². The van der Waals surface area contributed by atoms with Gasteiger partial charge in [0.25, 0.3) is 5.91 Å². The van der Waals surface area contributed by atoms with E-state index < -0.39 is 29.8 Å². The number of nitrogens with one attached hydrogen (secondary N) is 2. The smallest absolute Gasteiger partial charge is 0.339 e. The highest BCUT2D eigenvalue weighted by Crippen LogP contribution is 2.17. The Labute approximate surface area is 139 Å². The molecular weight excluding hydrogens is 315 g/mol. The molecule has 7 heteroatoms. The number of amides is 3. The maximum atomic E-state index is 13.1. The van der Waals surface area contributed by atoms with Crippen LogP contribution in [0.15, 0.2) is 24.3 Å². The van der Waals surface area contributed by atoms with Gasteiger partial charge in [0.05, 0.1) is 5.56 Å². The van der Waals surface area contributed by atoms with Crippen molar-refractivity contribution in [1.82, 2.24) is 10.6 Å². The third-order valence-electron chi connectivity index (χ3n) is 3.89. The van der Waals surface area contributed by atoms with Crippen LogP contribution >= 0.6 is 0 Å². The van der Waals surface area contributed by atoms with Crippen LogP contribution in [0.4, 0.5) is 9.18 Å². The topological polar surface area (TPSA) is 84.5 Å². The second-order valence-electron chi connectivity index (χ2n) is 5.86. The fourth-order valence-corrected chi connectivity index (χ4v) is 2.58. The molecule has 2 rings (SSSR count). The van der Waals surface area contributed by atoms with Crippen LogP contribution in [-0.2, 0) is 9.53 Å². The molecule has 3 amide bonds. The first-order chi connectivity index (χ1) is 11.5. The average molecular weight is 336 g/mol. The number of benzene rings is 1. The third-order valence-corrected chi connectivity index (χ3v) is 3.89. The lowest BCUT2D eigenvalue weighted by atomic mass is 9.96. The number of hydrogen-bond donors (Lipinski definition) is 2. The van der Waals surface area contributed by atoms with E-state index in [0.717, 1.165) is 38.2 Å². The molecular formula is C17H21FN2O4. The summed E-state index contributed by atoms with van der Waals surface area (Å²) in [5, 5.41) is 4.89. The molecule has 0 unspecified atom stereocenters. The molecule has 0 heterocycles. The van der Waals surface area contributed by atoms with Crippen molar-refractivity contribution in [1.29, 1.82) is 0 Å². The summed E-state index contributed by atoms with van der Waals surface area (Å²) in [6.45, 7) is 1.35. The summed E-state index contributed by atoms with van der Waals surface area (Å²) in [5.41, 5.74) is 0.00121. The van der Waals surface area contributed by atoms with Gasteiger partial charge >= 0.3 is 12.0 Å². The maximum Gasteiger partial charge on any atom is 0.339 e. The van der Waals surface area contributed by atoms with Crippen LogP contribution in [0.1, 0.15) is 49.4 Å². The van der Waals surface area contributed by atoms with Gasteiger partial charge in [0, 0.05) is 6.04 Å². The zero-order chi connectivity index (χ0) is 17.5. The average Bonchev–Trinajstić information content (AvgIpc) is 2.55. The first-order valence-electron chi connectivity index (χ1n) is 8.03. The minimum Gasteiger partial charge on any atom is -0.449 e. The first kappa shape index (κ1) is 17.9. The molecule has 24 heavy (non-hydrogen) atoms. The molecule has 1 aliphatic carbocycles. The highest BCUT2D eigenvalue weighted by Gasteiger charge is 2.22. The molecule has 1 fully saturated rings. The Bertz CT molecular complexity index is 614. The Morgan fingerprint density at radius 3 is 2.58 bits per heavy atom. The molecule has 0 spiro atoms. The lowest BCUT2D eigenvalue weighted by Gasteiger charge is -2.23. The van der Waals surface area contributed by atoms with Crippen molar-refractivity contribution in [3.8, 4) is 0 Å². The lowest BCUT2D eigenvalue weighted by Crippen LogP contribution is -2.48. The fraction of sp³-hybridized carbons (Fsp3) is 0.471. The van der Waals surface area contributed by atoms with Crippen LogP contribution in [0.3, 0.4) is 0 Å². The predicted octanol–water partition coefficient (Wildman–Crippen LogP) is 2.53. The molecule has 1 saturated carbocycles. The number of halogens is 1. The van der Waals surface area contributed by atoms with Gasteiger partial charge in [0.15, 0.2) is 6.10 Å². The predicted molar refractivity (Wildman–Crippen MR) is 84.8 cm³/mol. The number of hydrogen-bond acceptors (Lipinski definition) is 4. The molecule has 0 aliphatic heterocycles. The van der Waals surface area contributed by atoms with Gasteiger partial charge in [-0.15, -0.1) is 0 Å². The van der Waals surface area contributed by atoms with Gasteiger partial charge in [0.1, 0.15) is 5.82 Å². The van der Waals surface area contributed by atoms with Crippen molar-refractivity contribution in [3.63, 3.8) is 0 Å². The molecule has 0 radical (unpaired) electrons. The quantitative estimate of drug-likeness (QED) is 0.828. The molecule has 1 aromatic rings. The Morgan fingerprint density at radius 2 is 1.92 bits per heavy atom. The second kappa shape index (κ2) is 8.42. The number of urea groups is 1. The van der Waals surface area contributed by atoms with E-state index in [1.54, 1.807) is 0 Å². The summed E-state index contributed by atoms with van der Waals surface area (Å²) < 4.78 is 18.0. The highest BCUT2D eigenvalue weighted by atomic mass is 19.1. The van der Waals surface area contributed by atoms with Gasteiger partial charge in [-0.05, 0) is 38.0 Å². The Balaban J connectivity index is 1.80. The van der Waals surface area contributed by atoms with Gasteiger partial charge in [-0.2, -0.15) is 0 Å². The standard InChI is InChI=1S/C17H21FN2O4/c1-11(24-16(22)12-6-5-7-13(18)10-12)15(21)20-17(23)19-14-8-3-2-4-9-14/h5-7,10-11,14H,2-4,8-9H2,1H3,(H2,19,20,21,23)/t11-/m0/s1. The zero-order valence-electron chi connectivity index (χ0n) is 13.5. The molecule has 0 saturated heterocycles. The lowest BCUT2D eigenvalue weighted by molar-refractivity contribution is -0.127. The number of carbonyl (C=O) groups is 3. The summed E-state index contributed by atoms with van der Waals surface area (Å²) in [4.78, 5) is 35.5. The number of carbonyl (C=O) groups excluding carboxylic acids is 3. The van der Waals surface area contributed by atoms with Gasteiger partial charge in [-0.3, -0.25) is 10.1 Å². The summed E-state index contributed by atoms with van der Waals surface area (Å²) >= 11 is 0. The fourth-order valence-electron chi connectivity index (χ4n) is 2.58. The zero-order valence-corrected chi connectivity index (χ0v) is 13.5. The van der Waals surface area contributed by atoms with Gasteiger partial charge in [-0.1, -0.05) is 25.3 Å². The van der Waals surface area contributed by atoms with Crippen molar-refractivity contribution >= 4 is 17.9 Å². The van der Waals surface area contributed by atoms with Crippen molar-refractivity contribution in [2.45, 2.75) is 51.2 Å². The molecule has 2 N–H and O–H groups in total. The summed E-state index contributed by atoms with van der Waals surface area (Å²) in [6.07, 6.45) is 3.89. The Morgan fingerprint density at radius 1 is 1.21 bits per heavy atom. The van der Waals surface area contributed by atoms with E-state index in [9.17, 15) is 18.8 Å². The summed E-state index contributed by atoms with van der Waals surface area (Å²) in [7, 11) is 0. The maximum absolute atomic E-state index is 13.1. The van der Waals surface area contributed by atoms with E-state index in [2.05, 4.69) is 10.6 Å². The minimum absolute atomic E-state index is 0.00121. The number of esters is 1. The van der Waals surface area contributed by atoms with E-state index in [1.807, 2.05) is 0 Å². The van der Waals surface area contributed by atoms with Crippen molar-refractivity contribution in [2.75, 3.05) is 0 Å². The van der Waals surface area contributed by atoms with E-state index in [0.29, 0.717) is 0 Å². The van der Waals surface area contributed by atoms with Crippen molar-refractivity contribution in [2.24, 2.45) is 0 Å². The highest BCUT2D eigenvalue weighted by molar-refractivity contribution is 5.98. The van der Waals surface area contributed by atoms with Crippen molar-refractivity contribution in [3.05, 3.63) is 35.6 Å². The number of imide groups is 1. The van der Waals surface area contributed by atoms with E-state index >= 15 is 0 Å². The summed E-state index contributed by atoms with van der Waals surface area (Å²) in [6, 6.07) is 4.43. The Kier molecular flexibility index (Phi) is 6.28. The Hall–Kier alpha value is -2.44. The largest absolute Gasteiger partial charge is 0.449 e. The second-order valence-corrected chi connectivity index (χ2v) is 5.86. The molecule has 0 aromatic heterocycles. The number of rotatable bonds is 4. The number of ether oxygens (including phenoxy) is 1. The first-order valence-corrected chi connectivity index (χ1v) is 8.03. The minimum atomic E-state index is -1.17. The molecule has 130 valence electrons. The van der Waals surface area contributed by atoms with Crippen LogP contribution < -0.4 is 10.6 Å². The molecule has 1 atom stereocenters. The van der Waals surface area contributed by atoms with Gasteiger partial charge in [-0.25, -0.2) is 14.0 Å². The van der Waals surface area contributed by atoms with E-state index in [4.69, 9.17) is 4.74 Å². The van der Waals surface area contributed by atoms with Crippen LogP contribution in [0.2, 0.25) is 0 Å². The molecule has 0 bridgehead atoms. The van der Waals surface area contributed by atoms with Gasteiger partial charge in [0.2, 0.25) is 0 Å². The third kappa shape index (κ3) is 5.33. The molecule has 6 nitrogen and oxygen atoms in total. The van der Waals surface area contributed by atoms with Crippen LogP contribution in [0.5, 0.6) is 0 Å². The summed E-state index contributed by atoms with van der Waals surface area (Å²) in [5.74, 6) is -2.13. The normalized spacial score (nSPS) is 16.1. The van der Waals surface area contributed by atoms with E-state index in [1.165, 1.54) is 25.1 Å². The van der Waals surface area contributed by atoms with E-state index in [-0.39, 0.29) is 11.6 Å². The SMILES string of the molecule is C[C@H](OC(=O)c1cccc(F)c1)C(=O)NC(=O)NC1CCCCC1. The molecule has 1 aromatic carbocycles.